The first-order valence-corrected chi connectivity index (χ1v) is 6.44. The van der Waals surface area contributed by atoms with Gasteiger partial charge in [-0.2, -0.15) is 0 Å². The molecule has 1 saturated heterocycles. The van der Waals surface area contributed by atoms with Crippen molar-refractivity contribution in [1.82, 2.24) is 0 Å². The standard InChI is InChI=1S/C15H13NO4/c17-13-11-6-1-2-7-12(11)14(18)16(13)10-5-3-4-9(8-10)15(19)20/h1-5,8,11-12H,6-7H2,(H,19,20)/p-1. The Kier molecular flexibility index (Phi) is 2.89. The van der Waals surface area contributed by atoms with Crippen LogP contribution in [0.15, 0.2) is 36.4 Å². The largest absolute Gasteiger partial charge is 0.545 e. The molecule has 102 valence electrons. The number of allylic oxidation sites excluding steroid dienone is 2. The van der Waals surface area contributed by atoms with Crippen LogP contribution in [0, 0.1) is 11.8 Å². The van der Waals surface area contributed by atoms with E-state index in [1.165, 1.54) is 18.2 Å². The average molecular weight is 270 g/mol. The molecule has 0 aromatic heterocycles. The van der Waals surface area contributed by atoms with E-state index in [1.54, 1.807) is 6.07 Å². The first kappa shape index (κ1) is 12.6. The molecular weight excluding hydrogens is 258 g/mol. The molecule has 1 aromatic rings. The number of carbonyl (C=O) groups excluding carboxylic acids is 3. The van der Waals surface area contributed by atoms with Gasteiger partial charge in [0.2, 0.25) is 11.8 Å². The Labute approximate surface area is 115 Å². The smallest absolute Gasteiger partial charge is 0.238 e. The number of benzene rings is 1. The summed E-state index contributed by atoms with van der Waals surface area (Å²) < 4.78 is 0. The highest BCUT2D eigenvalue weighted by atomic mass is 16.4. The van der Waals surface area contributed by atoms with Gasteiger partial charge in [-0.1, -0.05) is 24.3 Å². The van der Waals surface area contributed by atoms with Crippen LogP contribution in [-0.4, -0.2) is 17.8 Å². The van der Waals surface area contributed by atoms with Crippen LogP contribution in [0.4, 0.5) is 5.69 Å². The minimum atomic E-state index is -1.33. The summed E-state index contributed by atoms with van der Waals surface area (Å²) in [7, 11) is 0. The number of anilines is 1. The zero-order valence-electron chi connectivity index (χ0n) is 10.6. The monoisotopic (exact) mass is 270 g/mol. The van der Waals surface area contributed by atoms with E-state index in [9.17, 15) is 19.5 Å². The van der Waals surface area contributed by atoms with Gasteiger partial charge in [0.25, 0.3) is 0 Å². The predicted molar refractivity (Wildman–Crippen MR) is 68.6 cm³/mol. The molecule has 0 spiro atoms. The minimum absolute atomic E-state index is 0.0453. The van der Waals surface area contributed by atoms with Gasteiger partial charge < -0.3 is 9.90 Å². The molecular formula is C15H12NO4-. The number of carbonyl (C=O) groups is 3. The first-order chi connectivity index (χ1) is 9.59. The quantitative estimate of drug-likeness (QED) is 0.579. The maximum Gasteiger partial charge on any atom is 0.238 e. The van der Waals surface area contributed by atoms with E-state index in [0.717, 1.165) is 4.90 Å². The normalized spacial score (nSPS) is 24.9. The van der Waals surface area contributed by atoms with Crippen molar-refractivity contribution in [2.24, 2.45) is 11.8 Å². The molecule has 3 rings (SSSR count). The fourth-order valence-electron chi connectivity index (χ4n) is 2.83. The van der Waals surface area contributed by atoms with Crippen molar-refractivity contribution < 1.29 is 19.5 Å². The third-order valence-electron chi connectivity index (χ3n) is 3.85. The van der Waals surface area contributed by atoms with Gasteiger partial charge in [0.1, 0.15) is 0 Å². The summed E-state index contributed by atoms with van der Waals surface area (Å²) in [4.78, 5) is 36.7. The first-order valence-electron chi connectivity index (χ1n) is 6.44. The Hall–Kier alpha value is -2.43. The minimum Gasteiger partial charge on any atom is -0.545 e. The molecule has 1 aromatic carbocycles. The van der Waals surface area contributed by atoms with Gasteiger partial charge in [-0.25, -0.2) is 0 Å². The topological polar surface area (TPSA) is 77.5 Å². The average Bonchev–Trinajstić information content (AvgIpc) is 2.72. The summed E-state index contributed by atoms with van der Waals surface area (Å²) in [5.74, 6) is -2.47. The Bertz CT molecular complexity index is 609. The molecule has 5 nitrogen and oxygen atoms in total. The van der Waals surface area contributed by atoms with Gasteiger partial charge in [-0.15, -0.1) is 0 Å². The number of imide groups is 1. The van der Waals surface area contributed by atoms with Crippen LogP contribution in [0.25, 0.3) is 0 Å². The second kappa shape index (κ2) is 4.59. The Morgan fingerprint density at radius 3 is 2.25 bits per heavy atom. The summed E-state index contributed by atoms with van der Waals surface area (Å²) in [5, 5.41) is 10.9. The SMILES string of the molecule is O=C([O-])c1cccc(N2C(=O)C3CC=CCC3C2=O)c1. The van der Waals surface area contributed by atoms with Crippen LogP contribution >= 0.6 is 0 Å². The van der Waals surface area contributed by atoms with Crippen molar-refractivity contribution in [3.05, 3.63) is 42.0 Å². The molecule has 0 N–H and O–H groups in total. The van der Waals surface area contributed by atoms with Crippen molar-refractivity contribution in [3.63, 3.8) is 0 Å². The zero-order chi connectivity index (χ0) is 14.3. The van der Waals surface area contributed by atoms with Crippen molar-refractivity contribution in [2.75, 3.05) is 4.90 Å². The van der Waals surface area contributed by atoms with Crippen LogP contribution in [0.5, 0.6) is 0 Å². The van der Waals surface area contributed by atoms with Crippen LogP contribution in [0.2, 0.25) is 0 Å². The Balaban J connectivity index is 1.98. The van der Waals surface area contributed by atoms with Gasteiger partial charge in [0, 0.05) is 0 Å². The predicted octanol–water partition coefficient (Wildman–Crippen LogP) is 0.506. The Morgan fingerprint density at radius 1 is 1.10 bits per heavy atom. The number of amides is 2. The van der Waals surface area contributed by atoms with E-state index in [1.807, 2.05) is 12.2 Å². The van der Waals surface area contributed by atoms with Gasteiger partial charge in [0.05, 0.1) is 23.5 Å². The lowest BCUT2D eigenvalue weighted by atomic mass is 9.85. The number of rotatable bonds is 2. The number of fused-ring (bicyclic) bond motifs is 1. The van der Waals surface area contributed by atoms with Gasteiger partial charge in [-0.3, -0.25) is 14.5 Å². The second-order valence-corrected chi connectivity index (χ2v) is 5.01. The number of carboxylic acid groups (broad SMARTS) is 1. The van der Waals surface area contributed by atoms with E-state index in [-0.39, 0.29) is 29.2 Å². The van der Waals surface area contributed by atoms with E-state index in [0.29, 0.717) is 18.5 Å². The summed E-state index contributed by atoms with van der Waals surface area (Å²) >= 11 is 0. The molecule has 1 aliphatic carbocycles. The van der Waals surface area contributed by atoms with Crippen LogP contribution in [0.3, 0.4) is 0 Å². The third-order valence-corrected chi connectivity index (χ3v) is 3.85. The number of hydrogen-bond acceptors (Lipinski definition) is 4. The molecule has 2 unspecified atom stereocenters. The van der Waals surface area contributed by atoms with Crippen LogP contribution in [0.1, 0.15) is 23.2 Å². The van der Waals surface area contributed by atoms with Gasteiger partial charge in [0.15, 0.2) is 0 Å². The lowest BCUT2D eigenvalue weighted by molar-refractivity contribution is -0.255. The highest BCUT2D eigenvalue weighted by Crippen LogP contribution is 2.37. The fourth-order valence-corrected chi connectivity index (χ4v) is 2.83. The number of aromatic carboxylic acids is 1. The molecule has 2 amide bonds. The summed E-state index contributed by atoms with van der Waals surface area (Å²) in [6.45, 7) is 0. The molecule has 1 heterocycles. The van der Waals surface area contributed by atoms with Crippen molar-refractivity contribution in [2.45, 2.75) is 12.8 Å². The Morgan fingerprint density at radius 2 is 1.70 bits per heavy atom. The molecule has 1 fully saturated rings. The molecule has 20 heavy (non-hydrogen) atoms. The fraction of sp³-hybridized carbons (Fsp3) is 0.267. The highest BCUT2D eigenvalue weighted by molar-refractivity contribution is 6.22. The van der Waals surface area contributed by atoms with E-state index >= 15 is 0 Å². The zero-order valence-corrected chi connectivity index (χ0v) is 10.6. The summed E-state index contributed by atoms with van der Waals surface area (Å²) in [6.07, 6.45) is 4.94. The molecule has 0 saturated carbocycles. The second-order valence-electron chi connectivity index (χ2n) is 5.01. The summed E-state index contributed by atoms with van der Waals surface area (Å²) in [6, 6.07) is 5.74. The molecule has 0 bridgehead atoms. The maximum absolute atomic E-state index is 12.3. The number of hydrogen-bond donors (Lipinski definition) is 0. The number of carboxylic acids is 1. The van der Waals surface area contributed by atoms with Crippen molar-refractivity contribution in [1.29, 1.82) is 0 Å². The van der Waals surface area contributed by atoms with Crippen molar-refractivity contribution in [3.8, 4) is 0 Å². The van der Waals surface area contributed by atoms with Crippen molar-refractivity contribution >= 4 is 23.5 Å². The summed E-state index contributed by atoms with van der Waals surface area (Å²) in [5.41, 5.74) is 0.257. The lowest BCUT2D eigenvalue weighted by Gasteiger charge is -2.16. The van der Waals surface area contributed by atoms with E-state index < -0.39 is 5.97 Å². The molecule has 2 aliphatic rings. The molecule has 5 heteroatoms. The maximum atomic E-state index is 12.3. The molecule has 2 atom stereocenters. The molecule has 1 aliphatic heterocycles. The third kappa shape index (κ3) is 1.82. The van der Waals surface area contributed by atoms with E-state index in [4.69, 9.17) is 0 Å². The highest BCUT2D eigenvalue weighted by Gasteiger charge is 2.47. The lowest BCUT2D eigenvalue weighted by Crippen LogP contribution is -2.31. The van der Waals surface area contributed by atoms with Crippen LogP contribution in [-0.2, 0) is 9.59 Å². The number of nitrogens with zero attached hydrogens (tertiary/aromatic N) is 1. The van der Waals surface area contributed by atoms with Gasteiger partial charge in [-0.05, 0) is 30.5 Å². The van der Waals surface area contributed by atoms with Crippen LogP contribution < -0.4 is 10.0 Å². The van der Waals surface area contributed by atoms with E-state index in [2.05, 4.69) is 0 Å². The molecule has 0 radical (unpaired) electrons. The van der Waals surface area contributed by atoms with Gasteiger partial charge >= 0.3 is 0 Å².